The Morgan fingerprint density at radius 1 is 1.00 bits per heavy atom. The van der Waals surface area contributed by atoms with Crippen LogP contribution >= 0.6 is 0 Å². The Balaban J connectivity index is 1.38. The Labute approximate surface area is 313 Å². The molecule has 0 aliphatic carbocycles. The number of pyridine rings is 1. The van der Waals surface area contributed by atoms with Gasteiger partial charge in [0, 0.05) is 35.9 Å². The predicted octanol–water partition coefficient (Wildman–Crippen LogP) is 5.30. The normalized spacial score (nSPS) is 21.3. The smallest absolute Gasteiger partial charge is 0.408 e. The van der Waals surface area contributed by atoms with Gasteiger partial charge in [0.05, 0.1) is 24.9 Å². The van der Waals surface area contributed by atoms with Crippen LogP contribution in [0.15, 0.2) is 91.0 Å². The van der Waals surface area contributed by atoms with Gasteiger partial charge in [-0.2, -0.15) is 0 Å². The van der Waals surface area contributed by atoms with Gasteiger partial charge in [0.25, 0.3) is 0 Å². The lowest BCUT2D eigenvalue weighted by Gasteiger charge is -2.30. The molecule has 13 nitrogen and oxygen atoms in total. The number of carbonyl (C=O) groups is 4. The number of nitrogens with one attached hydrogen (secondary N) is 2. The van der Waals surface area contributed by atoms with Gasteiger partial charge in [-0.05, 0) is 57.0 Å². The molecule has 3 amide bonds. The lowest BCUT2D eigenvalue weighted by atomic mass is 10.0. The monoisotopic (exact) mass is 736 g/mol. The van der Waals surface area contributed by atoms with E-state index in [4.69, 9.17) is 23.9 Å². The first-order valence-electron chi connectivity index (χ1n) is 17.8. The first kappa shape index (κ1) is 37.6. The van der Waals surface area contributed by atoms with Crippen LogP contribution in [0.25, 0.3) is 22.2 Å². The fourth-order valence-corrected chi connectivity index (χ4v) is 6.49. The van der Waals surface area contributed by atoms with E-state index in [1.165, 1.54) is 4.90 Å². The molecule has 0 unspecified atom stereocenters. The summed E-state index contributed by atoms with van der Waals surface area (Å²) in [6, 6.07) is 20.4. The van der Waals surface area contributed by atoms with Gasteiger partial charge in [-0.1, -0.05) is 54.6 Å². The number of carbonyl (C=O) groups excluding carboxylic acids is 3. The highest BCUT2D eigenvalue weighted by atomic mass is 16.6. The summed E-state index contributed by atoms with van der Waals surface area (Å²) in [6.07, 6.45) is 1.89. The molecule has 2 aliphatic heterocycles. The summed E-state index contributed by atoms with van der Waals surface area (Å²) in [4.78, 5) is 60.3. The van der Waals surface area contributed by atoms with Crippen molar-refractivity contribution < 1.29 is 43.2 Å². The van der Waals surface area contributed by atoms with Gasteiger partial charge in [-0.15, -0.1) is 0 Å². The fraction of sp³-hybridized carbons (Fsp3) is 0.341. The molecule has 282 valence electrons. The van der Waals surface area contributed by atoms with Crippen molar-refractivity contribution in [2.45, 2.75) is 69.9 Å². The van der Waals surface area contributed by atoms with Gasteiger partial charge in [0.2, 0.25) is 11.8 Å². The number of carboxylic acid groups (broad SMARTS) is 1. The van der Waals surface area contributed by atoms with Gasteiger partial charge in [-0.3, -0.25) is 9.59 Å². The van der Waals surface area contributed by atoms with E-state index < -0.39 is 53.7 Å². The number of ether oxygens (including phenoxy) is 4. The van der Waals surface area contributed by atoms with Gasteiger partial charge in [0.1, 0.15) is 53.7 Å². The summed E-state index contributed by atoms with van der Waals surface area (Å²) in [5.41, 5.74) is 1.98. The van der Waals surface area contributed by atoms with Crippen molar-refractivity contribution in [1.82, 2.24) is 20.5 Å². The minimum Gasteiger partial charge on any atom is -0.497 e. The summed E-state index contributed by atoms with van der Waals surface area (Å²) >= 11 is 0. The quantitative estimate of drug-likeness (QED) is 0.221. The van der Waals surface area contributed by atoms with E-state index in [1.54, 1.807) is 70.4 Å². The van der Waals surface area contributed by atoms with E-state index in [0.717, 1.165) is 5.56 Å². The van der Waals surface area contributed by atoms with Crippen molar-refractivity contribution in [2.75, 3.05) is 20.3 Å². The number of rotatable bonds is 6. The van der Waals surface area contributed by atoms with E-state index in [2.05, 4.69) is 10.6 Å². The molecule has 2 aliphatic rings. The number of carboxylic acids is 1. The van der Waals surface area contributed by atoms with Crippen LogP contribution in [0.3, 0.4) is 0 Å². The standard InChI is InChI=1S/C41H44N4O9/c1-41(2,3)54-40(50)44-34-20-25-11-10-14-28(19-25)52-18-9-8-15-31(39(48)49)43-37(46)35-22-29(24-45(35)38(34)47)53-36-23-32(26-12-6-5-7-13-26)42-33-21-27(51-4)16-17-30(33)36/h5-14,16-17,19,21,23,29,31,34-35H,15,18,20,22,24H2,1-4H3,(H,43,46)(H,44,50)(H,48,49)/b9-8-/t29-,31-,34+,35+/m1/s1. The number of methoxy groups -OCH3 is 1. The number of aromatic nitrogens is 1. The highest BCUT2D eigenvalue weighted by Gasteiger charge is 2.44. The molecule has 3 aromatic carbocycles. The van der Waals surface area contributed by atoms with Crippen LogP contribution in [0.2, 0.25) is 0 Å². The minimum absolute atomic E-state index is 0.0113. The first-order chi connectivity index (χ1) is 25.9. The molecular formula is C41H44N4O9. The maximum Gasteiger partial charge on any atom is 0.408 e. The number of amides is 3. The molecule has 0 radical (unpaired) electrons. The lowest BCUT2D eigenvalue weighted by molar-refractivity contribution is -0.144. The maximum atomic E-state index is 14.6. The van der Waals surface area contributed by atoms with Crippen LogP contribution in [0.5, 0.6) is 17.2 Å². The molecule has 1 fully saturated rings. The summed E-state index contributed by atoms with van der Waals surface area (Å²) < 4.78 is 23.5. The van der Waals surface area contributed by atoms with E-state index in [0.29, 0.717) is 39.4 Å². The highest BCUT2D eigenvalue weighted by Crippen LogP contribution is 2.35. The van der Waals surface area contributed by atoms with Crippen LogP contribution in [-0.2, 0) is 25.5 Å². The molecule has 13 heteroatoms. The average Bonchev–Trinajstić information content (AvgIpc) is 3.56. The minimum atomic E-state index is -1.27. The lowest BCUT2D eigenvalue weighted by Crippen LogP contribution is -2.56. The second-order valence-corrected chi connectivity index (χ2v) is 14.2. The molecule has 1 aromatic heterocycles. The largest absolute Gasteiger partial charge is 0.497 e. The average molecular weight is 737 g/mol. The van der Waals surface area contributed by atoms with Crippen molar-refractivity contribution in [3.05, 3.63) is 96.6 Å². The number of fused-ring (bicyclic) bond motifs is 4. The van der Waals surface area contributed by atoms with Gasteiger partial charge < -0.3 is 39.6 Å². The summed E-state index contributed by atoms with van der Waals surface area (Å²) in [7, 11) is 1.57. The highest BCUT2D eigenvalue weighted by molar-refractivity contribution is 5.94. The number of nitrogens with zero attached hydrogens (tertiary/aromatic N) is 2. The molecule has 0 spiro atoms. The van der Waals surface area contributed by atoms with E-state index in [-0.39, 0.29) is 32.4 Å². The van der Waals surface area contributed by atoms with Gasteiger partial charge in [-0.25, -0.2) is 14.6 Å². The zero-order valence-electron chi connectivity index (χ0n) is 30.6. The SMILES string of the molecule is COc1ccc2c(O[C@@H]3C[C@H]4C(=O)N[C@@H](C(=O)O)C/C=C\COc5cccc(c5)C[C@H](NC(=O)OC(C)(C)C)C(=O)N4C3)cc(-c3ccccc3)nc2c1. The Kier molecular flexibility index (Phi) is 11.3. The Hall–Kier alpha value is -6.11. The molecule has 4 atom stereocenters. The third-order valence-corrected chi connectivity index (χ3v) is 9.02. The summed E-state index contributed by atoms with van der Waals surface area (Å²) in [6.45, 7) is 5.26. The third kappa shape index (κ3) is 9.27. The molecular weight excluding hydrogens is 692 g/mol. The number of hydrogen-bond acceptors (Lipinski definition) is 9. The molecule has 6 rings (SSSR count). The zero-order chi connectivity index (χ0) is 38.4. The van der Waals surface area contributed by atoms with Crippen LogP contribution < -0.4 is 24.8 Å². The van der Waals surface area contributed by atoms with E-state index in [9.17, 15) is 24.3 Å². The fourth-order valence-electron chi connectivity index (χ4n) is 6.49. The van der Waals surface area contributed by atoms with Crippen molar-refractivity contribution in [3.63, 3.8) is 0 Å². The zero-order valence-corrected chi connectivity index (χ0v) is 30.6. The number of alkyl carbamates (subject to hydrolysis) is 1. The molecule has 4 aromatic rings. The van der Waals surface area contributed by atoms with Crippen molar-refractivity contribution in [3.8, 4) is 28.5 Å². The molecule has 0 saturated carbocycles. The summed E-state index contributed by atoms with van der Waals surface area (Å²) in [5.74, 6) is -0.840. The molecule has 2 bridgehead atoms. The molecule has 3 N–H and O–H groups in total. The number of aliphatic carboxylic acids is 1. The Morgan fingerprint density at radius 2 is 1.80 bits per heavy atom. The van der Waals surface area contributed by atoms with Crippen molar-refractivity contribution in [2.24, 2.45) is 0 Å². The second kappa shape index (κ2) is 16.3. The van der Waals surface area contributed by atoms with Crippen LogP contribution in [0.4, 0.5) is 4.79 Å². The van der Waals surface area contributed by atoms with Crippen molar-refractivity contribution in [1.29, 1.82) is 0 Å². The maximum absolute atomic E-state index is 14.6. The molecule has 1 saturated heterocycles. The number of benzene rings is 3. The van der Waals surface area contributed by atoms with Gasteiger partial charge >= 0.3 is 12.1 Å². The van der Waals surface area contributed by atoms with E-state index in [1.807, 2.05) is 48.5 Å². The van der Waals surface area contributed by atoms with Crippen LogP contribution in [0, 0.1) is 0 Å². The van der Waals surface area contributed by atoms with Gasteiger partial charge in [0.15, 0.2) is 0 Å². The van der Waals surface area contributed by atoms with Crippen molar-refractivity contribution >= 4 is 34.8 Å². The second-order valence-electron chi connectivity index (χ2n) is 14.2. The Bertz CT molecular complexity index is 2050. The molecule has 54 heavy (non-hydrogen) atoms. The summed E-state index contributed by atoms with van der Waals surface area (Å²) in [5, 5.41) is 16.0. The number of hydrogen-bond donors (Lipinski definition) is 3. The first-order valence-corrected chi connectivity index (χ1v) is 17.8. The topological polar surface area (TPSA) is 166 Å². The van der Waals surface area contributed by atoms with Crippen LogP contribution in [0.1, 0.15) is 39.2 Å². The third-order valence-electron chi connectivity index (χ3n) is 9.02. The molecule has 3 heterocycles. The van der Waals surface area contributed by atoms with E-state index >= 15 is 0 Å². The van der Waals surface area contributed by atoms with Crippen LogP contribution in [-0.4, -0.2) is 89.0 Å². The Morgan fingerprint density at radius 3 is 2.54 bits per heavy atom. The predicted molar refractivity (Wildman–Crippen MR) is 200 cm³/mol.